The van der Waals surface area contributed by atoms with Gasteiger partial charge < -0.3 is 5.32 Å². The predicted molar refractivity (Wildman–Crippen MR) is 117 cm³/mol. The number of benzene rings is 1. The van der Waals surface area contributed by atoms with Gasteiger partial charge in [0, 0.05) is 26.2 Å². The number of hydrogen-bond donors (Lipinski definition) is 1. The second-order valence-corrected chi connectivity index (χ2v) is 10.9. The second-order valence-electron chi connectivity index (χ2n) is 8.99. The fraction of sp³-hybridized carbons (Fsp3) is 0.636. The van der Waals surface area contributed by atoms with E-state index in [1.807, 2.05) is 11.8 Å². The molecule has 4 rings (SSSR count). The van der Waals surface area contributed by atoms with Crippen LogP contribution in [0.2, 0.25) is 0 Å². The summed E-state index contributed by atoms with van der Waals surface area (Å²) < 4.78 is 27.3. The summed E-state index contributed by atoms with van der Waals surface area (Å²) in [6.45, 7) is 3.77. The molecule has 2 heterocycles. The number of nitrogens with one attached hydrogen (secondary N) is 1. The highest BCUT2D eigenvalue weighted by Gasteiger charge is 2.50. The first-order valence-corrected chi connectivity index (χ1v) is 12.7. The summed E-state index contributed by atoms with van der Waals surface area (Å²) in [6, 6.07) is 6.55. The zero-order valence-electron chi connectivity index (χ0n) is 18.2. The number of amides is 3. The molecule has 1 aliphatic carbocycles. The second kappa shape index (κ2) is 8.88. The van der Waals surface area contributed by atoms with E-state index in [-0.39, 0.29) is 18.6 Å². The van der Waals surface area contributed by atoms with Gasteiger partial charge in [-0.1, -0.05) is 49.8 Å². The number of imide groups is 1. The smallest absolute Gasteiger partial charge is 0.323 e. The van der Waals surface area contributed by atoms with E-state index in [1.165, 1.54) is 15.6 Å². The van der Waals surface area contributed by atoms with Gasteiger partial charge in [-0.3, -0.25) is 9.69 Å². The average Bonchev–Trinajstić information content (AvgIpc) is 2.96. The highest BCUT2D eigenvalue weighted by Crippen LogP contribution is 2.32. The summed E-state index contributed by atoms with van der Waals surface area (Å²) in [6.07, 6.45) is 6.71. The molecule has 2 saturated heterocycles. The molecule has 0 bridgehead atoms. The minimum Gasteiger partial charge on any atom is -0.323 e. The van der Waals surface area contributed by atoms with Crippen molar-refractivity contribution in [3.05, 3.63) is 29.8 Å². The first-order valence-electron chi connectivity index (χ1n) is 11.3. The molecule has 8 nitrogen and oxygen atoms in total. The van der Waals surface area contributed by atoms with Gasteiger partial charge in [-0.25, -0.2) is 18.1 Å². The molecule has 1 saturated carbocycles. The van der Waals surface area contributed by atoms with Gasteiger partial charge >= 0.3 is 6.03 Å². The third kappa shape index (κ3) is 4.49. The fourth-order valence-electron chi connectivity index (χ4n) is 4.82. The lowest BCUT2D eigenvalue weighted by Crippen LogP contribution is -2.53. The molecule has 3 aliphatic rings. The number of sulfonamides is 1. The fourth-order valence-corrected chi connectivity index (χ4v) is 6.25. The molecule has 31 heavy (non-hydrogen) atoms. The maximum absolute atomic E-state index is 13.2. The molecular formula is C22H32N4O4S. The summed E-state index contributed by atoms with van der Waals surface area (Å²) in [7, 11) is -3.53. The molecule has 0 aromatic heterocycles. The van der Waals surface area contributed by atoms with Crippen molar-refractivity contribution in [3.63, 3.8) is 0 Å². The van der Waals surface area contributed by atoms with Crippen LogP contribution in [0, 0.1) is 6.92 Å². The number of rotatable bonds is 4. The van der Waals surface area contributed by atoms with Crippen LogP contribution in [0.25, 0.3) is 0 Å². The van der Waals surface area contributed by atoms with E-state index in [1.54, 1.807) is 24.3 Å². The lowest BCUT2D eigenvalue weighted by atomic mass is 9.84. The van der Waals surface area contributed by atoms with Crippen molar-refractivity contribution in [1.29, 1.82) is 0 Å². The van der Waals surface area contributed by atoms with Crippen LogP contribution in [-0.2, 0) is 14.8 Å². The third-order valence-electron chi connectivity index (χ3n) is 6.78. The maximum Gasteiger partial charge on any atom is 0.326 e. The summed E-state index contributed by atoms with van der Waals surface area (Å²) in [5, 5.41) is 2.99. The predicted octanol–water partition coefficient (Wildman–Crippen LogP) is 2.29. The molecule has 0 atom stereocenters. The standard InChI is InChI=1S/C22H32N4O4S/c1-18-7-9-19(10-8-18)31(29,30)25-15-13-24(14-16-25)17-26-20(27)22(23-21(26)28)11-5-3-2-4-6-12-22/h7-10H,2-6,11-17H2,1H3,(H,23,28). The van der Waals surface area contributed by atoms with Crippen LogP contribution in [0.1, 0.15) is 50.5 Å². The Morgan fingerprint density at radius 2 is 1.48 bits per heavy atom. The number of piperazine rings is 1. The quantitative estimate of drug-likeness (QED) is 0.714. The van der Waals surface area contributed by atoms with E-state index in [4.69, 9.17) is 0 Å². The number of hydrogen-bond acceptors (Lipinski definition) is 5. The van der Waals surface area contributed by atoms with Crippen LogP contribution in [0.5, 0.6) is 0 Å². The molecule has 170 valence electrons. The van der Waals surface area contributed by atoms with E-state index in [0.29, 0.717) is 43.9 Å². The van der Waals surface area contributed by atoms with E-state index in [0.717, 1.165) is 31.2 Å². The Hall–Kier alpha value is -1.97. The van der Waals surface area contributed by atoms with Gasteiger partial charge in [-0.2, -0.15) is 4.31 Å². The van der Waals surface area contributed by atoms with Gasteiger partial charge in [0.1, 0.15) is 5.54 Å². The number of carbonyl (C=O) groups is 2. The summed E-state index contributed by atoms with van der Waals surface area (Å²) in [4.78, 5) is 29.4. The molecule has 3 fully saturated rings. The van der Waals surface area contributed by atoms with E-state index >= 15 is 0 Å². The van der Waals surface area contributed by atoms with Crippen LogP contribution in [0.3, 0.4) is 0 Å². The summed E-state index contributed by atoms with van der Waals surface area (Å²) in [5.74, 6) is -0.117. The topological polar surface area (TPSA) is 90.0 Å². The van der Waals surface area contributed by atoms with Crippen LogP contribution >= 0.6 is 0 Å². The van der Waals surface area contributed by atoms with Crippen molar-refractivity contribution >= 4 is 22.0 Å². The number of carbonyl (C=O) groups excluding carboxylic acids is 2. The zero-order valence-corrected chi connectivity index (χ0v) is 19.0. The Bertz CT molecular complexity index is 915. The van der Waals surface area contributed by atoms with Crippen molar-refractivity contribution in [1.82, 2.24) is 19.4 Å². The van der Waals surface area contributed by atoms with Crippen LogP contribution in [0.15, 0.2) is 29.2 Å². The minimum atomic E-state index is -3.53. The highest BCUT2D eigenvalue weighted by molar-refractivity contribution is 7.89. The van der Waals surface area contributed by atoms with Gasteiger partial charge in [-0.05, 0) is 31.9 Å². The van der Waals surface area contributed by atoms with Crippen molar-refractivity contribution in [2.75, 3.05) is 32.8 Å². The lowest BCUT2D eigenvalue weighted by molar-refractivity contribution is -0.133. The highest BCUT2D eigenvalue weighted by atomic mass is 32.2. The zero-order chi connectivity index (χ0) is 22.1. The SMILES string of the molecule is Cc1ccc(S(=O)(=O)N2CCN(CN3C(=O)NC4(CCCCCCC4)C3=O)CC2)cc1. The number of urea groups is 1. The summed E-state index contributed by atoms with van der Waals surface area (Å²) >= 11 is 0. The molecule has 1 aromatic carbocycles. The van der Waals surface area contributed by atoms with Crippen molar-refractivity contribution < 1.29 is 18.0 Å². The van der Waals surface area contributed by atoms with Crippen molar-refractivity contribution in [2.24, 2.45) is 0 Å². The van der Waals surface area contributed by atoms with Gasteiger partial charge in [0.15, 0.2) is 0 Å². The lowest BCUT2D eigenvalue weighted by Gasteiger charge is -2.35. The van der Waals surface area contributed by atoms with Crippen molar-refractivity contribution in [3.8, 4) is 0 Å². The average molecular weight is 449 g/mol. The van der Waals surface area contributed by atoms with Gasteiger partial charge in [-0.15, -0.1) is 0 Å². The Morgan fingerprint density at radius 1 is 0.903 bits per heavy atom. The van der Waals surface area contributed by atoms with Crippen LogP contribution in [0.4, 0.5) is 4.79 Å². The van der Waals surface area contributed by atoms with Gasteiger partial charge in [0.25, 0.3) is 5.91 Å². The van der Waals surface area contributed by atoms with Gasteiger partial charge in [0.2, 0.25) is 10.0 Å². The Morgan fingerprint density at radius 3 is 2.10 bits per heavy atom. The Balaban J connectivity index is 1.37. The summed E-state index contributed by atoms with van der Waals surface area (Å²) in [5.41, 5.74) is 0.271. The third-order valence-corrected chi connectivity index (χ3v) is 8.70. The molecule has 2 aliphatic heterocycles. The normalized spacial score (nSPS) is 23.6. The molecule has 9 heteroatoms. The Kier molecular flexibility index (Phi) is 6.37. The van der Waals surface area contributed by atoms with Crippen molar-refractivity contribution in [2.45, 2.75) is 62.3 Å². The molecule has 1 spiro atoms. The maximum atomic E-state index is 13.2. The van der Waals surface area contributed by atoms with Crippen LogP contribution in [-0.4, -0.2) is 72.8 Å². The van der Waals surface area contributed by atoms with E-state index < -0.39 is 15.6 Å². The minimum absolute atomic E-state index is 0.117. The first-order chi connectivity index (χ1) is 14.8. The van der Waals surface area contributed by atoms with Gasteiger partial charge in [0.05, 0.1) is 11.6 Å². The monoisotopic (exact) mass is 448 g/mol. The number of nitrogens with zero attached hydrogens (tertiary/aromatic N) is 3. The molecule has 3 amide bonds. The molecule has 0 radical (unpaired) electrons. The van der Waals surface area contributed by atoms with E-state index in [2.05, 4.69) is 5.32 Å². The molecule has 1 N–H and O–H groups in total. The molecular weight excluding hydrogens is 416 g/mol. The number of aryl methyl sites for hydroxylation is 1. The molecule has 1 aromatic rings. The largest absolute Gasteiger partial charge is 0.326 e. The molecule has 0 unspecified atom stereocenters. The first kappa shape index (κ1) is 22.2. The van der Waals surface area contributed by atoms with E-state index in [9.17, 15) is 18.0 Å². The Labute approximate surface area is 184 Å². The van der Waals surface area contributed by atoms with Crippen LogP contribution < -0.4 is 5.32 Å².